The van der Waals surface area contributed by atoms with E-state index in [2.05, 4.69) is 74.4 Å². The third-order valence-electron chi connectivity index (χ3n) is 6.18. The Morgan fingerprint density at radius 3 is 1.43 bits per heavy atom. The van der Waals surface area contributed by atoms with Crippen LogP contribution in [0.5, 0.6) is 5.75 Å². The van der Waals surface area contributed by atoms with Crippen LogP contribution in [-0.2, 0) is 5.41 Å². The van der Waals surface area contributed by atoms with Crippen LogP contribution in [0.4, 0.5) is 0 Å². The number of aromatic hydroxyl groups is 1. The summed E-state index contributed by atoms with van der Waals surface area (Å²) < 4.78 is 0. The summed E-state index contributed by atoms with van der Waals surface area (Å²) in [7, 11) is 0. The number of hydrogen-bond acceptors (Lipinski definition) is 1. The average Bonchev–Trinajstić information content (AvgIpc) is 2.63. The van der Waals surface area contributed by atoms with E-state index in [0.717, 1.165) is 11.1 Å². The molecule has 0 heterocycles. The lowest BCUT2D eigenvalue weighted by molar-refractivity contribution is 0.453. The molecule has 1 nitrogen and oxygen atoms in total. The predicted molar refractivity (Wildman–Crippen MR) is 100 cm³/mol. The second kappa shape index (κ2) is 5.85. The van der Waals surface area contributed by atoms with Gasteiger partial charge in [-0.25, -0.2) is 0 Å². The number of phenolic OH excluding ortho intramolecular Hbond substituents is 1. The van der Waals surface area contributed by atoms with Crippen LogP contribution in [0.3, 0.4) is 0 Å². The Morgan fingerprint density at radius 1 is 0.783 bits per heavy atom. The molecule has 0 aliphatic heterocycles. The van der Waals surface area contributed by atoms with Gasteiger partial charge in [0.2, 0.25) is 0 Å². The van der Waals surface area contributed by atoms with Crippen molar-refractivity contribution in [2.45, 2.75) is 79.6 Å². The lowest BCUT2D eigenvalue weighted by Crippen LogP contribution is -2.24. The molecule has 0 amide bonds. The maximum Gasteiger partial charge on any atom is 0.122 e. The van der Waals surface area contributed by atoms with Crippen molar-refractivity contribution in [3.8, 4) is 5.75 Å². The highest BCUT2D eigenvalue weighted by Crippen LogP contribution is 2.50. The lowest BCUT2D eigenvalue weighted by atomic mass is 9.71. The summed E-state index contributed by atoms with van der Waals surface area (Å²) in [4.78, 5) is 0. The first kappa shape index (κ1) is 17.8. The van der Waals surface area contributed by atoms with E-state index in [9.17, 15) is 5.11 Å². The number of benzene rings is 1. The van der Waals surface area contributed by atoms with Gasteiger partial charge < -0.3 is 5.11 Å². The fourth-order valence-electron chi connectivity index (χ4n) is 3.88. The Balaban J connectivity index is 2.79. The molecule has 0 spiro atoms. The molecule has 0 bridgehead atoms. The van der Waals surface area contributed by atoms with E-state index in [4.69, 9.17) is 0 Å². The lowest BCUT2D eigenvalue weighted by Gasteiger charge is -2.32. The molecule has 1 heteroatoms. The summed E-state index contributed by atoms with van der Waals surface area (Å²) in [6, 6.07) is 4.45. The van der Waals surface area contributed by atoms with E-state index < -0.39 is 0 Å². The zero-order valence-corrected chi connectivity index (χ0v) is 16.3. The maximum atomic E-state index is 10.7. The standard InChI is InChI=1S/C22H32O/c1-12(2)19-10-18(11-20(13(3)4)21(19)23)22(9)16(7)14(5)15(6)17(22)8/h10-13,23H,1-9H3. The molecule has 1 N–H and O–H groups in total. The summed E-state index contributed by atoms with van der Waals surface area (Å²) in [5, 5.41) is 10.7. The molecule has 1 aliphatic rings. The molecule has 1 aromatic rings. The molecule has 1 aliphatic carbocycles. The fraction of sp³-hybridized carbons (Fsp3) is 0.545. The Kier molecular flexibility index (Phi) is 4.54. The molecular formula is C22H32O. The summed E-state index contributed by atoms with van der Waals surface area (Å²) in [5.74, 6) is 1.11. The van der Waals surface area contributed by atoms with Crippen molar-refractivity contribution in [3.63, 3.8) is 0 Å². The van der Waals surface area contributed by atoms with Crippen molar-refractivity contribution in [2.24, 2.45) is 0 Å². The highest BCUT2D eigenvalue weighted by molar-refractivity contribution is 5.61. The maximum absolute atomic E-state index is 10.7. The molecule has 0 fully saturated rings. The molecule has 0 saturated heterocycles. The fourth-order valence-corrected chi connectivity index (χ4v) is 3.88. The minimum absolute atomic E-state index is 0.0604. The molecule has 0 radical (unpaired) electrons. The van der Waals surface area contributed by atoms with Crippen molar-refractivity contribution in [3.05, 3.63) is 51.1 Å². The summed E-state index contributed by atoms with van der Waals surface area (Å²) in [5.41, 5.74) is 9.07. The van der Waals surface area contributed by atoms with Gasteiger partial charge in [0, 0.05) is 5.41 Å². The van der Waals surface area contributed by atoms with Crippen LogP contribution in [0.1, 0.15) is 90.8 Å². The van der Waals surface area contributed by atoms with Crippen LogP contribution >= 0.6 is 0 Å². The van der Waals surface area contributed by atoms with E-state index >= 15 is 0 Å². The van der Waals surface area contributed by atoms with Gasteiger partial charge >= 0.3 is 0 Å². The zero-order valence-electron chi connectivity index (χ0n) is 16.3. The Labute approximate surface area is 142 Å². The normalized spacial score (nSPS) is 17.9. The number of hydrogen-bond donors (Lipinski definition) is 1. The first-order chi connectivity index (χ1) is 10.5. The molecule has 0 saturated carbocycles. The van der Waals surface area contributed by atoms with E-state index in [0.29, 0.717) is 17.6 Å². The Hall–Kier alpha value is -1.50. The number of allylic oxidation sites excluding steroid dienone is 4. The monoisotopic (exact) mass is 312 g/mol. The van der Waals surface area contributed by atoms with Crippen molar-refractivity contribution in [1.29, 1.82) is 0 Å². The highest BCUT2D eigenvalue weighted by Gasteiger charge is 2.38. The van der Waals surface area contributed by atoms with Gasteiger partial charge in [-0.3, -0.25) is 0 Å². The minimum Gasteiger partial charge on any atom is -0.507 e. The average molecular weight is 312 g/mol. The van der Waals surface area contributed by atoms with E-state index in [1.54, 1.807) is 0 Å². The van der Waals surface area contributed by atoms with Crippen molar-refractivity contribution < 1.29 is 5.11 Å². The SMILES string of the molecule is CC1=C(C)C(C)(c2cc(C(C)C)c(O)c(C(C)C)c2)C(C)=C1C. The van der Waals surface area contributed by atoms with Crippen LogP contribution in [0.25, 0.3) is 0 Å². The summed E-state index contributed by atoms with van der Waals surface area (Å²) in [6.07, 6.45) is 0. The quantitative estimate of drug-likeness (QED) is 0.668. The molecule has 0 atom stereocenters. The van der Waals surface area contributed by atoms with E-state index in [1.807, 2.05) is 0 Å². The molecule has 0 unspecified atom stereocenters. The van der Waals surface area contributed by atoms with Gasteiger partial charge in [0.25, 0.3) is 0 Å². The van der Waals surface area contributed by atoms with Crippen LogP contribution in [0.2, 0.25) is 0 Å². The number of rotatable bonds is 3. The van der Waals surface area contributed by atoms with Crippen molar-refractivity contribution in [2.75, 3.05) is 0 Å². The Bertz CT molecular complexity index is 646. The Morgan fingerprint density at radius 2 is 1.13 bits per heavy atom. The molecule has 2 rings (SSSR count). The smallest absolute Gasteiger partial charge is 0.122 e. The van der Waals surface area contributed by atoms with Gasteiger partial charge in [-0.1, -0.05) is 51.0 Å². The third-order valence-corrected chi connectivity index (χ3v) is 6.18. The van der Waals surface area contributed by atoms with Gasteiger partial charge in [0.1, 0.15) is 5.75 Å². The minimum atomic E-state index is -0.0604. The topological polar surface area (TPSA) is 20.2 Å². The second-order valence-corrected chi connectivity index (χ2v) is 7.94. The van der Waals surface area contributed by atoms with E-state index in [-0.39, 0.29) is 5.41 Å². The van der Waals surface area contributed by atoms with Crippen molar-refractivity contribution >= 4 is 0 Å². The third kappa shape index (κ3) is 2.55. The predicted octanol–water partition coefficient (Wildman–Crippen LogP) is 6.58. The molecule has 1 aromatic carbocycles. The number of phenols is 1. The van der Waals surface area contributed by atoms with Crippen LogP contribution in [0, 0.1) is 0 Å². The van der Waals surface area contributed by atoms with Gasteiger partial charge in [-0.15, -0.1) is 0 Å². The van der Waals surface area contributed by atoms with Crippen LogP contribution in [-0.4, -0.2) is 5.11 Å². The highest BCUT2D eigenvalue weighted by atomic mass is 16.3. The second-order valence-electron chi connectivity index (χ2n) is 7.94. The summed E-state index contributed by atoms with van der Waals surface area (Å²) >= 11 is 0. The van der Waals surface area contributed by atoms with Crippen molar-refractivity contribution in [1.82, 2.24) is 0 Å². The molecule has 126 valence electrons. The molecule has 23 heavy (non-hydrogen) atoms. The van der Waals surface area contributed by atoms with Crippen LogP contribution in [0.15, 0.2) is 34.4 Å². The van der Waals surface area contributed by atoms with Gasteiger partial charge in [-0.2, -0.15) is 0 Å². The zero-order chi connectivity index (χ0) is 17.7. The van der Waals surface area contributed by atoms with Gasteiger partial charge in [0.15, 0.2) is 0 Å². The molecular weight excluding hydrogens is 280 g/mol. The molecule has 0 aromatic heterocycles. The van der Waals surface area contributed by atoms with Crippen LogP contribution < -0.4 is 0 Å². The van der Waals surface area contributed by atoms with Gasteiger partial charge in [-0.05, 0) is 74.3 Å². The first-order valence-electron chi connectivity index (χ1n) is 8.77. The first-order valence-corrected chi connectivity index (χ1v) is 8.77. The van der Waals surface area contributed by atoms with E-state index in [1.165, 1.54) is 27.9 Å². The van der Waals surface area contributed by atoms with Gasteiger partial charge in [0.05, 0.1) is 0 Å². The largest absolute Gasteiger partial charge is 0.507 e. The summed E-state index contributed by atoms with van der Waals surface area (Å²) in [6.45, 7) is 19.9.